The molecule has 60 valence electrons. The van der Waals surface area contributed by atoms with Gasteiger partial charge in [-0.05, 0) is 36.6 Å². The van der Waals surface area contributed by atoms with E-state index >= 15 is 0 Å². The zero-order valence-corrected chi connectivity index (χ0v) is 7.02. The summed E-state index contributed by atoms with van der Waals surface area (Å²) in [6.45, 7) is 4.09. The molecule has 0 amide bonds. The zero-order valence-electron chi connectivity index (χ0n) is 7.02. The Labute approximate surface area is 67.2 Å². The molecule has 0 aliphatic carbocycles. The van der Waals surface area contributed by atoms with E-state index in [0.717, 1.165) is 23.4 Å². The molecule has 0 unspecified atom stereocenters. The van der Waals surface area contributed by atoms with Gasteiger partial charge in [0.15, 0.2) is 0 Å². The minimum Gasteiger partial charge on any atom is -0.399 e. The van der Waals surface area contributed by atoms with Crippen molar-refractivity contribution in [2.24, 2.45) is 0 Å². The fourth-order valence-electron chi connectivity index (χ4n) is 1.27. The van der Waals surface area contributed by atoms with Crippen molar-refractivity contribution in [3.05, 3.63) is 23.3 Å². The minimum absolute atomic E-state index is 0.830. The summed E-state index contributed by atoms with van der Waals surface area (Å²) in [5, 5.41) is 0. The van der Waals surface area contributed by atoms with Crippen LogP contribution in [-0.4, -0.2) is 0 Å². The molecule has 0 saturated carbocycles. The van der Waals surface area contributed by atoms with Crippen molar-refractivity contribution < 1.29 is 0 Å². The molecule has 0 aliphatic rings. The van der Waals surface area contributed by atoms with Gasteiger partial charge in [-0.1, -0.05) is 6.92 Å². The van der Waals surface area contributed by atoms with Crippen molar-refractivity contribution in [2.45, 2.75) is 20.3 Å². The van der Waals surface area contributed by atoms with Crippen LogP contribution in [0.2, 0.25) is 0 Å². The van der Waals surface area contributed by atoms with E-state index in [1.54, 1.807) is 0 Å². The van der Waals surface area contributed by atoms with Crippen LogP contribution in [0, 0.1) is 6.92 Å². The minimum atomic E-state index is 0.830. The quantitative estimate of drug-likeness (QED) is 0.599. The molecule has 0 spiro atoms. The highest BCUT2D eigenvalue weighted by molar-refractivity contribution is 5.61. The van der Waals surface area contributed by atoms with Crippen molar-refractivity contribution >= 4 is 11.4 Å². The van der Waals surface area contributed by atoms with Crippen LogP contribution < -0.4 is 11.5 Å². The lowest BCUT2D eigenvalue weighted by molar-refractivity contribution is 1.12. The second kappa shape index (κ2) is 2.82. The van der Waals surface area contributed by atoms with Gasteiger partial charge in [-0.2, -0.15) is 0 Å². The van der Waals surface area contributed by atoms with Gasteiger partial charge in [-0.15, -0.1) is 0 Å². The summed E-state index contributed by atoms with van der Waals surface area (Å²) in [4.78, 5) is 0. The molecule has 11 heavy (non-hydrogen) atoms. The highest BCUT2D eigenvalue weighted by Gasteiger charge is 2.02. The molecule has 2 heteroatoms. The predicted octanol–water partition coefficient (Wildman–Crippen LogP) is 1.72. The molecule has 0 fully saturated rings. The first-order valence-electron chi connectivity index (χ1n) is 3.80. The van der Waals surface area contributed by atoms with Crippen molar-refractivity contribution in [1.82, 2.24) is 0 Å². The summed E-state index contributed by atoms with van der Waals surface area (Å²) in [5.41, 5.74) is 15.4. The van der Waals surface area contributed by atoms with E-state index in [-0.39, 0.29) is 0 Å². The van der Waals surface area contributed by atoms with E-state index in [1.807, 2.05) is 19.1 Å². The Hall–Kier alpha value is -1.18. The van der Waals surface area contributed by atoms with E-state index in [9.17, 15) is 0 Å². The second-order valence-corrected chi connectivity index (χ2v) is 2.70. The monoisotopic (exact) mass is 150 g/mol. The Kier molecular flexibility index (Phi) is 2.03. The van der Waals surface area contributed by atoms with Crippen molar-refractivity contribution in [2.75, 3.05) is 11.5 Å². The van der Waals surface area contributed by atoms with Crippen molar-refractivity contribution in [3.8, 4) is 0 Å². The van der Waals surface area contributed by atoms with Gasteiger partial charge in [0.05, 0.1) is 0 Å². The predicted molar refractivity (Wildman–Crippen MR) is 49.4 cm³/mol. The van der Waals surface area contributed by atoms with E-state index in [1.165, 1.54) is 5.56 Å². The molecule has 2 nitrogen and oxygen atoms in total. The third-order valence-electron chi connectivity index (χ3n) is 2.03. The average molecular weight is 150 g/mol. The Morgan fingerprint density at radius 2 is 1.73 bits per heavy atom. The summed E-state index contributed by atoms with van der Waals surface area (Å²) in [7, 11) is 0. The summed E-state index contributed by atoms with van der Waals surface area (Å²) in [5.74, 6) is 0. The van der Waals surface area contributed by atoms with Crippen LogP contribution in [0.5, 0.6) is 0 Å². The Balaban J connectivity index is 3.29. The smallest absolute Gasteiger partial charge is 0.0350 e. The Morgan fingerprint density at radius 3 is 2.18 bits per heavy atom. The first-order valence-corrected chi connectivity index (χ1v) is 3.80. The average Bonchev–Trinajstić information content (AvgIpc) is 1.99. The highest BCUT2D eigenvalue weighted by atomic mass is 14.6. The summed E-state index contributed by atoms with van der Waals surface area (Å²) < 4.78 is 0. The standard InChI is InChI=1S/C9H14N2/c1-3-7-6(2)8(10)4-5-9(7)11/h4-5H,3,10-11H2,1-2H3. The number of hydrogen-bond donors (Lipinski definition) is 2. The summed E-state index contributed by atoms with van der Waals surface area (Å²) in [6, 6.07) is 3.71. The Bertz CT molecular complexity index is 267. The first-order chi connectivity index (χ1) is 5.16. The van der Waals surface area contributed by atoms with E-state index in [0.29, 0.717) is 0 Å². The largest absolute Gasteiger partial charge is 0.399 e. The van der Waals surface area contributed by atoms with Gasteiger partial charge in [0.1, 0.15) is 0 Å². The van der Waals surface area contributed by atoms with E-state index < -0.39 is 0 Å². The maximum absolute atomic E-state index is 5.75. The third kappa shape index (κ3) is 1.29. The van der Waals surface area contributed by atoms with Gasteiger partial charge >= 0.3 is 0 Å². The highest BCUT2D eigenvalue weighted by Crippen LogP contribution is 2.22. The first kappa shape index (κ1) is 7.92. The number of rotatable bonds is 1. The number of anilines is 2. The van der Waals surface area contributed by atoms with Gasteiger partial charge in [-0.3, -0.25) is 0 Å². The molecule has 1 aromatic carbocycles. The topological polar surface area (TPSA) is 52.0 Å². The van der Waals surface area contributed by atoms with Gasteiger partial charge in [0.25, 0.3) is 0 Å². The molecule has 4 N–H and O–H groups in total. The molecule has 0 bridgehead atoms. The molecule has 0 saturated heterocycles. The molecule has 1 rings (SSSR count). The van der Waals surface area contributed by atoms with Crippen LogP contribution in [0.15, 0.2) is 12.1 Å². The van der Waals surface area contributed by atoms with Crippen LogP contribution in [0.4, 0.5) is 11.4 Å². The number of nitrogen functional groups attached to an aromatic ring is 2. The number of benzene rings is 1. The van der Waals surface area contributed by atoms with Gasteiger partial charge in [-0.25, -0.2) is 0 Å². The molecular weight excluding hydrogens is 136 g/mol. The van der Waals surface area contributed by atoms with E-state index in [4.69, 9.17) is 11.5 Å². The van der Waals surface area contributed by atoms with Crippen LogP contribution in [0.1, 0.15) is 18.1 Å². The molecule has 1 aromatic rings. The third-order valence-corrected chi connectivity index (χ3v) is 2.03. The van der Waals surface area contributed by atoms with Crippen LogP contribution >= 0.6 is 0 Å². The van der Waals surface area contributed by atoms with Crippen LogP contribution in [0.25, 0.3) is 0 Å². The molecule has 0 heterocycles. The maximum atomic E-state index is 5.75. The van der Waals surface area contributed by atoms with Gasteiger partial charge in [0, 0.05) is 11.4 Å². The summed E-state index contributed by atoms with van der Waals surface area (Å²) >= 11 is 0. The number of nitrogens with two attached hydrogens (primary N) is 2. The molecule has 0 radical (unpaired) electrons. The second-order valence-electron chi connectivity index (χ2n) is 2.70. The van der Waals surface area contributed by atoms with Crippen molar-refractivity contribution in [3.63, 3.8) is 0 Å². The normalized spacial score (nSPS) is 10.0. The lowest BCUT2D eigenvalue weighted by Gasteiger charge is -2.08. The van der Waals surface area contributed by atoms with Crippen LogP contribution in [-0.2, 0) is 6.42 Å². The van der Waals surface area contributed by atoms with E-state index in [2.05, 4.69) is 6.92 Å². The molecule has 0 aliphatic heterocycles. The van der Waals surface area contributed by atoms with Gasteiger partial charge in [0.2, 0.25) is 0 Å². The fraction of sp³-hybridized carbons (Fsp3) is 0.333. The van der Waals surface area contributed by atoms with Gasteiger partial charge < -0.3 is 11.5 Å². The van der Waals surface area contributed by atoms with Crippen LogP contribution in [0.3, 0.4) is 0 Å². The fourth-order valence-corrected chi connectivity index (χ4v) is 1.27. The lowest BCUT2D eigenvalue weighted by atomic mass is 10.0. The lowest BCUT2D eigenvalue weighted by Crippen LogP contribution is -1.99. The molecule has 0 atom stereocenters. The zero-order chi connectivity index (χ0) is 8.43. The maximum Gasteiger partial charge on any atom is 0.0350 e. The number of hydrogen-bond acceptors (Lipinski definition) is 2. The molecule has 0 aromatic heterocycles. The Morgan fingerprint density at radius 1 is 1.18 bits per heavy atom. The molecular formula is C9H14N2. The SMILES string of the molecule is CCc1c(N)ccc(N)c1C. The van der Waals surface area contributed by atoms with Crippen molar-refractivity contribution in [1.29, 1.82) is 0 Å². The summed E-state index contributed by atoms with van der Waals surface area (Å²) in [6.07, 6.45) is 0.947.